The van der Waals surface area contributed by atoms with Crippen molar-refractivity contribution >= 4 is 17.7 Å². The van der Waals surface area contributed by atoms with E-state index in [0.29, 0.717) is 6.42 Å². The molecule has 0 amide bonds. The third-order valence-corrected chi connectivity index (χ3v) is 7.39. The van der Waals surface area contributed by atoms with Crippen LogP contribution in [0.5, 0.6) is 0 Å². The summed E-state index contributed by atoms with van der Waals surface area (Å²) >= 11 is 2.22. The third-order valence-electron chi connectivity index (χ3n) is 5.88. The van der Waals surface area contributed by atoms with Gasteiger partial charge in [-0.05, 0) is 19.3 Å². The fourth-order valence-electron chi connectivity index (χ4n) is 3.94. The second-order valence-corrected chi connectivity index (χ2v) is 9.90. The maximum atomic E-state index is 11.0. The summed E-state index contributed by atoms with van der Waals surface area (Å²) in [6.45, 7) is 2.29. The smallest absolute Gasteiger partial charge is 0.305 e. The SMILES string of the molecule is CCCCCCCCCCCCCCC1SC1CCCCCCC(=O)OC. The first-order chi connectivity index (χ1) is 13.3. The van der Waals surface area contributed by atoms with Crippen molar-refractivity contribution in [3.63, 3.8) is 0 Å². The molecule has 1 fully saturated rings. The molecular weight excluding hydrogens is 352 g/mol. The van der Waals surface area contributed by atoms with E-state index in [1.807, 2.05) is 0 Å². The fraction of sp³-hybridized carbons (Fsp3) is 0.958. The molecule has 0 aliphatic carbocycles. The van der Waals surface area contributed by atoms with Gasteiger partial charge in [-0.3, -0.25) is 4.79 Å². The third kappa shape index (κ3) is 15.4. The number of hydrogen-bond donors (Lipinski definition) is 0. The van der Waals surface area contributed by atoms with E-state index in [2.05, 4.69) is 23.4 Å². The number of ether oxygens (including phenoxy) is 1. The van der Waals surface area contributed by atoms with Gasteiger partial charge >= 0.3 is 5.97 Å². The van der Waals surface area contributed by atoms with Gasteiger partial charge in [0.05, 0.1) is 7.11 Å². The Morgan fingerprint density at radius 1 is 0.667 bits per heavy atom. The number of esters is 1. The Bertz CT molecular complexity index is 345. The molecular formula is C24H46O2S. The summed E-state index contributed by atoms with van der Waals surface area (Å²) in [5, 5.41) is 1.93. The van der Waals surface area contributed by atoms with Crippen LogP contribution in [0.3, 0.4) is 0 Å². The first-order valence-electron chi connectivity index (χ1n) is 12.0. The van der Waals surface area contributed by atoms with Crippen LogP contribution in [0.2, 0.25) is 0 Å². The van der Waals surface area contributed by atoms with Crippen LogP contribution in [0.15, 0.2) is 0 Å². The van der Waals surface area contributed by atoms with E-state index in [4.69, 9.17) is 0 Å². The van der Waals surface area contributed by atoms with Gasteiger partial charge in [-0.25, -0.2) is 0 Å². The summed E-state index contributed by atoms with van der Waals surface area (Å²) in [5.41, 5.74) is 0. The van der Waals surface area contributed by atoms with E-state index in [0.717, 1.165) is 16.9 Å². The zero-order valence-corrected chi connectivity index (χ0v) is 19.1. The van der Waals surface area contributed by atoms with E-state index in [1.165, 1.54) is 116 Å². The molecule has 0 aromatic rings. The van der Waals surface area contributed by atoms with Crippen LogP contribution in [0, 0.1) is 0 Å². The zero-order chi connectivity index (χ0) is 19.6. The second-order valence-electron chi connectivity index (χ2n) is 8.42. The summed E-state index contributed by atoms with van der Waals surface area (Å²) in [6.07, 6.45) is 25.6. The Hall–Kier alpha value is -0.180. The van der Waals surface area contributed by atoms with Gasteiger partial charge in [0.1, 0.15) is 0 Å². The molecule has 0 aromatic carbocycles. The van der Waals surface area contributed by atoms with Crippen molar-refractivity contribution in [2.45, 2.75) is 139 Å². The van der Waals surface area contributed by atoms with Gasteiger partial charge in [0, 0.05) is 16.9 Å². The van der Waals surface area contributed by atoms with Crippen molar-refractivity contribution in [3.8, 4) is 0 Å². The molecule has 1 aliphatic heterocycles. The van der Waals surface area contributed by atoms with E-state index in [9.17, 15) is 4.79 Å². The molecule has 2 unspecified atom stereocenters. The highest BCUT2D eigenvalue weighted by atomic mass is 32.2. The van der Waals surface area contributed by atoms with Gasteiger partial charge in [0.2, 0.25) is 0 Å². The molecule has 1 saturated heterocycles. The Morgan fingerprint density at radius 3 is 1.52 bits per heavy atom. The maximum Gasteiger partial charge on any atom is 0.305 e. The highest BCUT2D eigenvalue weighted by Crippen LogP contribution is 2.47. The number of methoxy groups -OCH3 is 1. The number of rotatable bonds is 20. The molecule has 0 radical (unpaired) electrons. The maximum absolute atomic E-state index is 11.0. The lowest BCUT2D eigenvalue weighted by molar-refractivity contribution is -0.140. The van der Waals surface area contributed by atoms with Gasteiger partial charge in [-0.2, -0.15) is 11.8 Å². The van der Waals surface area contributed by atoms with Crippen LogP contribution < -0.4 is 0 Å². The molecule has 2 atom stereocenters. The van der Waals surface area contributed by atoms with Crippen molar-refractivity contribution in [3.05, 3.63) is 0 Å². The van der Waals surface area contributed by atoms with E-state index < -0.39 is 0 Å². The van der Waals surface area contributed by atoms with Crippen molar-refractivity contribution in [1.82, 2.24) is 0 Å². The average molecular weight is 399 g/mol. The lowest BCUT2D eigenvalue weighted by Gasteiger charge is -2.03. The van der Waals surface area contributed by atoms with Crippen LogP contribution in [0.1, 0.15) is 129 Å². The summed E-state index contributed by atoms with van der Waals surface area (Å²) in [4.78, 5) is 11.0. The number of carbonyl (C=O) groups is 1. The average Bonchev–Trinajstić information content (AvgIpc) is 3.43. The number of unbranched alkanes of at least 4 members (excludes halogenated alkanes) is 14. The Balaban J connectivity index is 1.73. The van der Waals surface area contributed by atoms with Crippen molar-refractivity contribution in [1.29, 1.82) is 0 Å². The first kappa shape index (κ1) is 24.9. The quantitative estimate of drug-likeness (QED) is 0.118. The molecule has 0 aromatic heterocycles. The summed E-state index contributed by atoms with van der Waals surface area (Å²) in [5.74, 6) is -0.0600. The summed E-state index contributed by atoms with van der Waals surface area (Å²) < 4.78 is 4.67. The molecule has 3 heteroatoms. The predicted octanol–water partition coefficient (Wildman–Crippen LogP) is 8.08. The highest BCUT2D eigenvalue weighted by molar-refractivity contribution is 8.07. The van der Waals surface area contributed by atoms with Crippen LogP contribution in [-0.2, 0) is 9.53 Å². The summed E-state index contributed by atoms with van der Waals surface area (Å²) in [6, 6.07) is 0. The van der Waals surface area contributed by atoms with Crippen molar-refractivity contribution in [2.75, 3.05) is 7.11 Å². The number of carbonyl (C=O) groups excluding carboxylic acids is 1. The van der Waals surface area contributed by atoms with Gasteiger partial charge < -0.3 is 4.74 Å². The van der Waals surface area contributed by atoms with E-state index in [1.54, 1.807) is 0 Å². The molecule has 0 saturated carbocycles. The van der Waals surface area contributed by atoms with Gasteiger partial charge in [-0.1, -0.05) is 103 Å². The van der Waals surface area contributed by atoms with Gasteiger partial charge in [0.15, 0.2) is 0 Å². The Labute approximate surface area is 174 Å². The standard InChI is InChI=1S/C24H46O2S/c1-3-4-5-6-7-8-9-10-11-12-13-16-19-22-23(27-22)20-17-14-15-18-21-24(25)26-2/h22-23H,3-21H2,1-2H3. The first-order valence-corrected chi connectivity index (χ1v) is 12.9. The largest absolute Gasteiger partial charge is 0.469 e. The Kier molecular flexibility index (Phi) is 16.5. The normalized spacial score (nSPS) is 18.6. The molecule has 27 heavy (non-hydrogen) atoms. The van der Waals surface area contributed by atoms with Crippen LogP contribution in [0.25, 0.3) is 0 Å². The predicted molar refractivity (Wildman–Crippen MR) is 121 cm³/mol. The highest BCUT2D eigenvalue weighted by Gasteiger charge is 2.36. The minimum absolute atomic E-state index is 0.0600. The number of thioether (sulfide) groups is 1. The number of hydrogen-bond acceptors (Lipinski definition) is 3. The summed E-state index contributed by atoms with van der Waals surface area (Å²) in [7, 11) is 1.48. The lowest BCUT2D eigenvalue weighted by Crippen LogP contribution is -1.99. The lowest BCUT2D eigenvalue weighted by atomic mass is 10.0. The van der Waals surface area contributed by atoms with Gasteiger partial charge in [0.25, 0.3) is 0 Å². The fourth-order valence-corrected chi connectivity index (χ4v) is 5.18. The molecule has 160 valence electrons. The van der Waals surface area contributed by atoms with Crippen molar-refractivity contribution in [2.24, 2.45) is 0 Å². The van der Waals surface area contributed by atoms with Crippen LogP contribution in [0.4, 0.5) is 0 Å². The molecule has 0 spiro atoms. The molecule has 0 bridgehead atoms. The van der Waals surface area contributed by atoms with E-state index >= 15 is 0 Å². The minimum Gasteiger partial charge on any atom is -0.469 e. The van der Waals surface area contributed by atoms with Crippen LogP contribution >= 0.6 is 11.8 Å². The minimum atomic E-state index is -0.0600. The molecule has 1 aliphatic rings. The monoisotopic (exact) mass is 398 g/mol. The molecule has 2 nitrogen and oxygen atoms in total. The van der Waals surface area contributed by atoms with Crippen molar-refractivity contribution < 1.29 is 9.53 Å². The van der Waals surface area contributed by atoms with Crippen LogP contribution in [-0.4, -0.2) is 23.6 Å². The Morgan fingerprint density at radius 2 is 1.07 bits per heavy atom. The zero-order valence-electron chi connectivity index (χ0n) is 18.3. The molecule has 1 rings (SSSR count). The molecule has 1 heterocycles. The topological polar surface area (TPSA) is 26.3 Å². The van der Waals surface area contributed by atoms with Gasteiger partial charge in [-0.15, -0.1) is 0 Å². The van der Waals surface area contributed by atoms with E-state index in [-0.39, 0.29) is 5.97 Å². The molecule has 0 N–H and O–H groups in total. The second kappa shape index (κ2) is 17.9.